The number of aromatic nitrogens is 5. The van der Waals surface area contributed by atoms with Crippen molar-refractivity contribution in [1.29, 1.82) is 0 Å². The highest BCUT2D eigenvalue weighted by molar-refractivity contribution is 5.77. The molecule has 6 rings (SSSR count). The zero-order valence-electron chi connectivity index (χ0n) is 17.9. The Kier molecular flexibility index (Phi) is 4.12. The largest absolute Gasteiger partial charge is 0.493 e. The molecule has 32 heavy (non-hydrogen) atoms. The fraction of sp³-hybridized carbons (Fsp3) is 0.333. The molecule has 0 amide bonds. The van der Waals surface area contributed by atoms with Crippen molar-refractivity contribution in [3.05, 3.63) is 66.0 Å². The number of rotatable bonds is 2. The Morgan fingerprint density at radius 3 is 2.69 bits per heavy atom. The Balaban J connectivity index is 1.52. The molecule has 4 aromatic rings. The molecule has 1 spiro atoms. The van der Waals surface area contributed by atoms with Crippen LogP contribution in [0.25, 0.3) is 22.4 Å². The summed E-state index contributed by atoms with van der Waals surface area (Å²) in [7, 11) is 0. The first kappa shape index (κ1) is 19.3. The van der Waals surface area contributed by atoms with Gasteiger partial charge < -0.3 is 14.6 Å². The number of hydrogen-bond donors (Lipinski definition) is 1. The van der Waals surface area contributed by atoms with Crippen LogP contribution in [0.5, 0.6) is 5.75 Å². The van der Waals surface area contributed by atoms with Gasteiger partial charge in [0.25, 0.3) is 0 Å². The minimum absolute atomic E-state index is 0.374. The van der Waals surface area contributed by atoms with Crippen LogP contribution < -0.4 is 4.74 Å². The smallest absolute Gasteiger partial charge is 0.161 e. The quantitative estimate of drug-likeness (QED) is 0.523. The Morgan fingerprint density at radius 2 is 1.88 bits per heavy atom. The average Bonchev–Trinajstić information content (AvgIpc) is 3.18. The van der Waals surface area contributed by atoms with E-state index in [1.165, 1.54) is 0 Å². The zero-order valence-corrected chi connectivity index (χ0v) is 17.9. The summed E-state index contributed by atoms with van der Waals surface area (Å²) < 4.78 is 14.2. The summed E-state index contributed by atoms with van der Waals surface area (Å²) in [6, 6.07) is 12.0. The van der Waals surface area contributed by atoms with Gasteiger partial charge in [-0.3, -0.25) is 4.57 Å². The van der Waals surface area contributed by atoms with Crippen molar-refractivity contribution < 1.29 is 14.6 Å². The molecule has 1 N–H and O–H groups in total. The van der Waals surface area contributed by atoms with Gasteiger partial charge in [0.2, 0.25) is 0 Å². The summed E-state index contributed by atoms with van der Waals surface area (Å²) >= 11 is 0. The summed E-state index contributed by atoms with van der Waals surface area (Å²) in [4.78, 5) is 18.5. The lowest BCUT2D eigenvalue weighted by Gasteiger charge is -2.43. The normalized spacial score (nSPS) is 20.1. The highest BCUT2D eigenvalue weighted by atomic mass is 16.5. The fourth-order valence-corrected chi connectivity index (χ4v) is 4.69. The van der Waals surface area contributed by atoms with Crippen molar-refractivity contribution in [2.45, 2.75) is 38.0 Å². The van der Waals surface area contributed by atoms with Crippen LogP contribution in [0.15, 0.2) is 48.8 Å². The van der Waals surface area contributed by atoms with Crippen molar-refractivity contribution in [2.24, 2.45) is 0 Å². The molecule has 0 fully saturated rings. The van der Waals surface area contributed by atoms with Crippen LogP contribution in [0.1, 0.15) is 37.5 Å². The van der Waals surface area contributed by atoms with Gasteiger partial charge in [-0.1, -0.05) is 18.2 Å². The molecule has 0 radical (unpaired) electrons. The van der Waals surface area contributed by atoms with E-state index in [4.69, 9.17) is 19.4 Å². The molecule has 2 aliphatic heterocycles. The number of imidazole rings is 1. The highest BCUT2D eigenvalue weighted by Crippen LogP contribution is 2.44. The predicted molar refractivity (Wildman–Crippen MR) is 117 cm³/mol. The van der Waals surface area contributed by atoms with Gasteiger partial charge >= 0.3 is 0 Å². The Hall–Kier alpha value is -3.36. The molecule has 0 saturated carbocycles. The number of para-hydroxylation sites is 1. The van der Waals surface area contributed by atoms with Crippen molar-refractivity contribution in [2.75, 3.05) is 13.2 Å². The van der Waals surface area contributed by atoms with E-state index < -0.39 is 11.1 Å². The number of nitrogens with zero attached hydrogens (tertiary/aromatic N) is 5. The van der Waals surface area contributed by atoms with Crippen molar-refractivity contribution in [1.82, 2.24) is 24.5 Å². The maximum absolute atomic E-state index is 10.1. The SMILES string of the molecule is CC(C)(O)c1ncc(-c2ccc3nc4n(c3n2)[C@]2(CCOc3ccccc32)COC4)cn1. The topological polar surface area (TPSA) is 95.2 Å². The van der Waals surface area contributed by atoms with Gasteiger partial charge in [0.1, 0.15) is 34.8 Å². The van der Waals surface area contributed by atoms with Gasteiger partial charge in [0, 0.05) is 29.9 Å². The van der Waals surface area contributed by atoms with Crippen LogP contribution >= 0.6 is 0 Å². The summed E-state index contributed by atoms with van der Waals surface area (Å²) in [5.41, 5.74) is 2.76. The lowest BCUT2D eigenvalue weighted by molar-refractivity contribution is 0.00399. The molecule has 1 aromatic carbocycles. The van der Waals surface area contributed by atoms with Crippen LogP contribution in [-0.2, 0) is 22.5 Å². The molecule has 0 unspecified atom stereocenters. The molecule has 0 saturated heterocycles. The first-order chi connectivity index (χ1) is 15.5. The lowest BCUT2D eigenvalue weighted by Crippen LogP contribution is -2.47. The van der Waals surface area contributed by atoms with E-state index in [-0.39, 0.29) is 0 Å². The standard InChI is InChI=1S/C24H23N5O3/c1-23(2,30)22-25-11-15(12-26-22)17-7-8-18-21(28-17)29-20(27-18)13-31-14-24(29)9-10-32-19-6-4-3-5-16(19)24/h3-8,11-12,30H,9-10,13-14H2,1-2H3/t24-/m1/s1. The van der Waals surface area contributed by atoms with Gasteiger partial charge in [-0.05, 0) is 32.0 Å². The minimum Gasteiger partial charge on any atom is -0.493 e. The number of fused-ring (bicyclic) bond motifs is 6. The second-order valence-corrected chi connectivity index (χ2v) is 8.88. The van der Waals surface area contributed by atoms with Crippen LogP contribution in [0.3, 0.4) is 0 Å². The predicted octanol–water partition coefficient (Wildman–Crippen LogP) is 3.17. The number of hydrogen-bond acceptors (Lipinski definition) is 7. The third-order valence-electron chi connectivity index (χ3n) is 6.23. The van der Waals surface area contributed by atoms with Crippen molar-refractivity contribution >= 4 is 11.2 Å². The molecule has 5 heterocycles. The molecule has 3 aromatic heterocycles. The molecule has 1 atom stereocenters. The monoisotopic (exact) mass is 429 g/mol. The summed E-state index contributed by atoms with van der Waals surface area (Å²) in [6.45, 7) is 4.92. The first-order valence-corrected chi connectivity index (χ1v) is 10.7. The maximum atomic E-state index is 10.1. The van der Waals surface area contributed by atoms with Gasteiger partial charge in [-0.15, -0.1) is 0 Å². The number of pyridine rings is 1. The average molecular weight is 429 g/mol. The van der Waals surface area contributed by atoms with Crippen LogP contribution in [-0.4, -0.2) is 42.8 Å². The number of aliphatic hydroxyl groups is 1. The third-order valence-corrected chi connectivity index (χ3v) is 6.23. The summed E-state index contributed by atoms with van der Waals surface area (Å²) in [6.07, 6.45) is 4.17. The van der Waals surface area contributed by atoms with Crippen LogP contribution in [0, 0.1) is 0 Å². The molecule has 8 heteroatoms. The second-order valence-electron chi connectivity index (χ2n) is 8.88. The van der Waals surface area contributed by atoms with Gasteiger partial charge in [0.15, 0.2) is 11.5 Å². The van der Waals surface area contributed by atoms with Crippen molar-refractivity contribution in [3.8, 4) is 17.0 Å². The molecule has 0 bridgehead atoms. The molecule has 8 nitrogen and oxygen atoms in total. The molecule has 2 aliphatic rings. The van der Waals surface area contributed by atoms with E-state index in [0.29, 0.717) is 25.6 Å². The first-order valence-electron chi connectivity index (χ1n) is 10.7. The molecular weight excluding hydrogens is 406 g/mol. The van der Waals surface area contributed by atoms with E-state index in [1.807, 2.05) is 30.3 Å². The number of benzene rings is 1. The van der Waals surface area contributed by atoms with Gasteiger partial charge in [-0.25, -0.2) is 19.9 Å². The van der Waals surface area contributed by atoms with E-state index >= 15 is 0 Å². The Labute approximate surface area is 184 Å². The summed E-state index contributed by atoms with van der Waals surface area (Å²) in [5, 5.41) is 10.1. The van der Waals surface area contributed by atoms with Crippen LogP contribution in [0.2, 0.25) is 0 Å². The van der Waals surface area contributed by atoms with Gasteiger partial charge in [0.05, 0.1) is 18.9 Å². The van der Waals surface area contributed by atoms with E-state index in [2.05, 4.69) is 20.6 Å². The molecule has 162 valence electrons. The molecular formula is C24H23N5O3. The van der Waals surface area contributed by atoms with Gasteiger partial charge in [-0.2, -0.15) is 0 Å². The maximum Gasteiger partial charge on any atom is 0.161 e. The van der Waals surface area contributed by atoms with Crippen molar-refractivity contribution in [3.63, 3.8) is 0 Å². The fourth-order valence-electron chi connectivity index (χ4n) is 4.69. The Bertz CT molecular complexity index is 1320. The zero-order chi connectivity index (χ0) is 21.9. The highest BCUT2D eigenvalue weighted by Gasteiger charge is 2.44. The summed E-state index contributed by atoms with van der Waals surface area (Å²) in [5.74, 6) is 2.11. The van der Waals surface area contributed by atoms with E-state index in [9.17, 15) is 5.11 Å². The lowest BCUT2D eigenvalue weighted by atomic mass is 9.84. The van der Waals surface area contributed by atoms with E-state index in [1.54, 1.807) is 26.2 Å². The second kappa shape index (κ2) is 6.82. The number of ether oxygens (including phenoxy) is 2. The minimum atomic E-state index is -1.09. The van der Waals surface area contributed by atoms with Crippen LogP contribution in [0.4, 0.5) is 0 Å². The van der Waals surface area contributed by atoms with E-state index in [0.717, 1.165) is 46.0 Å². The third kappa shape index (κ3) is 2.83. The Morgan fingerprint density at radius 1 is 1.06 bits per heavy atom. The molecule has 0 aliphatic carbocycles.